The topological polar surface area (TPSA) is 85.3 Å². The summed E-state index contributed by atoms with van der Waals surface area (Å²) in [5.74, 6) is 0.546. The fourth-order valence-corrected chi connectivity index (χ4v) is 3.53. The summed E-state index contributed by atoms with van der Waals surface area (Å²) in [6.07, 6.45) is 1.49. The third kappa shape index (κ3) is 3.17. The predicted octanol–water partition coefficient (Wildman–Crippen LogP) is 2.41. The molecule has 0 spiro atoms. The van der Waals surface area contributed by atoms with Crippen LogP contribution in [0.1, 0.15) is 11.3 Å². The SMILES string of the molecule is Cc1c(N)cc(Br)cc1S(=O)(=O)NCc1ccco1. The van der Waals surface area contributed by atoms with Crippen molar-refractivity contribution in [3.8, 4) is 0 Å². The molecule has 0 saturated heterocycles. The standard InChI is InChI=1S/C12H13BrN2O3S/c1-8-11(14)5-9(13)6-12(8)19(16,17)15-7-10-3-2-4-18-10/h2-6,15H,7,14H2,1H3. The van der Waals surface area contributed by atoms with Crippen LogP contribution in [0.5, 0.6) is 0 Å². The third-order valence-corrected chi connectivity index (χ3v) is 4.66. The van der Waals surface area contributed by atoms with Gasteiger partial charge in [-0.3, -0.25) is 0 Å². The summed E-state index contributed by atoms with van der Waals surface area (Å²) in [6, 6.07) is 6.59. The molecule has 2 rings (SSSR count). The maximum absolute atomic E-state index is 12.2. The number of furan rings is 1. The van der Waals surface area contributed by atoms with E-state index >= 15 is 0 Å². The van der Waals surface area contributed by atoms with Gasteiger partial charge in [-0.25, -0.2) is 13.1 Å². The van der Waals surface area contributed by atoms with E-state index in [1.54, 1.807) is 25.1 Å². The molecule has 7 heteroatoms. The molecule has 0 bridgehead atoms. The quantitative estimate of drug-likeness (QED) is 0.834. The molecule has 1 aromatic carbocycles. The Balaban J connectivity index is 2.29. The summed E-state index contributed by atoms with van der Waals surface area (Å²) in [4.78, 5) is 0.158. The first-order valence-electron chi connectivity index (χ1n) is 5.48. The molecule has 1 heterocycles. The van der Waals surface area contributed by atoms with Crippen LogP contribution in [0.3, 0.4) is 0 Å². The van der Waals surface area contributed by atoms with Crippen LogP contribution in [0.25, 0.3) is 0 Å². The average Bonchev–Trinajstić information content (AvgIpc) is 2.84. The van der Waals surface area contributed by atoms with Gasteiger partial charge < -0.3 is 10.2 Å². The van der Waals surface area contributed by atoms with Crippen molar-refractivity contribution in [1.29, 1.82) is 0 Å². The zero-order chi connectivity index (χ0) is 14.0. The molecule has 1 aromatic heterocycles. The molecule has 0 aliphatic rings. The van der Waals surface area contributed by atoms with Gasteiger partial charge >= 0.3 is 0 Å². The Morgan fingerprint density at radius 3 is 2.79 bits per heavy atom. The molecule has 0 aliphatic carbocycles. The van der Waals surface area contributed by atoms with E-state index in [1.807, 2.05) is 0 Å². The van der Waals surface area contributed by atoms with Gasteiger partial charge in [-0.15, -0.1) is 0 Å². The lowest BCUT2D eigenvalue weighted by molar-refractivity contribution is 0.498. The summed E-state index contributed by atoms with van der Waals surface area (Å²) < 4.78 is 32.6. The van der Waals surface area contributed by atoms with Crippen molar-refractivity contribution in [2.45, 2.75) is 18.4 Å². The van der Waals surface area contributed by atoms with Crippen LogP contribution < -0.4 is 10.5 Å². The highest BCUT2D eigenvalue weighted by Gasteiger charge is 2.19. The minimum absolute atomic E-state index is 0.0984. The van der Waals surface area contributed by atoms with Gasteiger partial charge in [0.15, 0.2) is 0 Å². The van der Waals surface area contributed by atoms with Crippen LogP contribution in [0.15, 0.2) is 44.3 Å². The first-order chi connectivity index (χ1) is 8.90. The van der Waals surface area contributed by atoms with Crippen LogP contribution in [-0.4, -0.2) is 8.42 Å². The summed E-state index contributed by atoms with van der Waals surface area (Å²) >= 11 is 3.24. The van der Waals surface area contributed by atoms with Crippen molar-refractivity contribution in [1.82, 2.24) is 4.72 Å². The monoisotopic (exact) mass is 344 g/mol. The fourth-order valence-electron chi connectivity index (χ4n) is 1.61. The first kappa shape index (κ1) is 14.1. The second-order valence-electron chi connectivity index (χ2n) is 4.02. The highest BCUT2D eigenvalue weighted by molar-refractivity contribution is 9.10. The van der Waals surface area contributed by atoms with Crippen molar-refractivity contribution in [2.24, 2.45) is 0 Å². The number of nitrogens with two attached hydrogens (primary N) is 1. The number of rotatable bonds is 4. The fraction of sp³-hybridized carbons (Fsp3) is 0.167. The highest BCUT2D eigenvalue weighted by atomic mass is 79.9. The van der Waals surface area contributed by atoms with Crippen LogP contribution in [0, 0.1) is 6.92 Å². The number of sulfonamides is 1. The molecule has 0 atom stereocenters. The van der Waals surface area contributed by atoms with E-state index in [4.69, 9.17) is 10.2 Å². The van der Waals surface area contributed by atoms with Gasteiger partial charge in [0.1, 0.15) is 5.76 Å². The predicted molar refractivity (Wildman–Crippen MR) is 76.0 cm³/mol. The van der Waals surface area contributed by atoms with E-state index in [1.165, 1.54) is 12.3 Å². The summed E-state index contributed by atoms with van der Waals surface area (Å²) in [5.41, 5.74) is 6.72. The lowest BCUT2D eigenvalue weighted by Gasteiger charge is -2.11. The van der Waals surface area contributed by atoms with E-state index in [9.17, 15) is 8.42 Å². The van der Waals surface area contributed by atoms with Gasteiger partial charge in [0, 0.05) is 10.2 Å². The van der Waals surface area contributed by atoms with Crippen LogP contribution in [0.4, 0.5) is 5.69 Å². The Morgan fingerprint density at radius 1 is 1.42 bits per heavy atom. The Morgan fingerprint density at radius 2 is 2.16 bits per heavy atom. The molecule has 5 nitrogen and oxygen atoms in total. The van der Waals surface area contributed by atoms with Crippen molar-refractivity contribution in [3.63, 3.8) is 0 Å². The minimum atomic E-state index is -3.63. The maximum Gasteiger partial charge on any atom is 0.241 e. The molecule has 102 valence electrons. The first-order valence-corrected chi connectivity index (χ1v) is 7.75. The van der Waals surface area contributed by atoms with Crippen molar-refractivity contribution in [2.75, 3.05) is 5.73 Å². The highest BCUT2D eigenvalue weighted by Crippen LogP contribution is 2.26. The summed E-state index contributed by atoms with van der Waals surface area (Å²) in [5, 5.41) is 0. The molecule has 3 N–H and O–H groups in total. The Bertz CT molecular complexity index is 681. The molecule has 0 saturated carbocycles. The Hall–Kier alpha value is -1.31. The van der Waals surface area contributed by atoms with Crippen molar-refractivity contribution >= 4 is 31.6 Å². The van der Waals surface area contributed by atoms with E-state index in [-0.39, 0.29) is 11.4 Å². The van der Waals surface area contributed by atoms with Crippen molar-refractivity contribution in [3.05, 3.63) is 46.3 Å². The summed E-state index contributed by atoms with van der Waals surface area (Å²) in [7, 11) is -3.63. The molecule has 0 fully saturated rings. The van der Waals surface area contributed by atoms with Crippen LogP contribution >= 0.6 is 15.9 Å². The van der Waals surface area contributed by atoms with E-state index in [0.29, 0.717) is 21.5 Å². The van der Waals surface area contributed by atoms with Gasteiger partial charge in [0.05, 0.1) is 17.7 Å². The van der Waals surface area contributed by atoms with Gasteiger partial charge in [-0.2, -0.15) is 0 Å². The van der Waals surface area contributed by atoms with E-state index in [2.05, 4.69) is 20.7 Å². The molecule has 0 amide bonds. The molecule has 2 aromatic rings. The lowest BCUT2D eigenvalue weighted by Crippen LogP contribution is -2.24. The largest absolute Gasteiger partial charge is 0.468 e. The number of halogens is 1. The van der Waals surface area contributed by atoms with Crippen LogP contribution in [0.2, 0.25) is 0 Å². The molecule has 19 heavy (non-hydrogen) atoms. The number of anilines is 1. The maximum atomic E-state index is 12.2. The number of hydrogen-bond donors (Lipinski definition) is 2. The second-order valence-corrected chi connectivity index (χ2v) is 6.67. The van der Waals surface area contributed by atoms with Crippen LogP contribution in [-0.2, 0) is 16.6 Å². The lowest BCUT2D eigenvalue weighted by atomic mass is 10.2. The molecule has 0 unspecified atom stereocenters. The second kappa shape index (κ2) is 5.36. The molecule has 0 radical (unpaired) electrons. The van der Waals surface area contributed by atoms with Crippen molar-refractivity contribution < 1.29 is 12.8 Å². The number of nitrogen functional groups attached to an aromatic ring is 1. The molecular formula is C12H13BrN2O3S. The van der Waals surface area contributed by atoms with E-state index < -0.39 is 10.0 Å². The number of benzene rings is 1. The third-order valence-electron chi connectivity index (χ3n) is 2.67. The normalized spacial score (nSPS) is 11.7. The average molecular weight is 345 g/mol. The van der Waals surface area contributed by atoms with E-state index in [0.717, 1.165) is 0 Å². The van der Waals surface area contributed by atoms with Gasteiger partial charge in [-0.1, -0.05) is 15.9 Å². The smallest absolute Gasteiger partial charge is 0.241 e. The number of nitrogens with one attached hydrogen (secondary N) is 1. The Labute approximate surface area is 120 Å². The summed E-state index contributed by atoms with van der Waals surface area (Å²) in [6.45, 7) is 1.77. The molecule has 0 aliphatic heterocycles. The number of hydrogen-bond acceptors (Lipinski definition) is 4. The Kier molecular flexibility index (Phi) is 3.98. The zero-order valence-electron chi connectivity index (χ0n) is 10.2. The van der Waals surface area contributed by atoms with Gasteiger partial charge in [0.2, 0.25) is 10.0 Å². The zero-order valence-corrected chi connectivity index (χ0v) is 12.6. The minimum Gasteiger partial charge on any atom is -0.468 e. The molecular weight excluding hydrogens is 332 g/mol. The van der Waals surface area contributed by atoms with Gasteiger partial charge in [-0.05, 0) is 36.8 Å². The van der Waals surface area contributed by atoms with Gasteiger partial charge in [0.25, 0.3) is 0 Å².